The van der Waals surface area contributed by atoms with Gasteiger partial charge in [0.1, 0.15) is 0 Å². The van der Waals surface area contributed by atoms with Crippen LogP contribution in [-0.4, -0.2) is 24.4 Å². The molecule has 1 fully saturated rings. The molecule has 1 aliphatic heterocycles. The van der Waals surface area contributed by atoms with Crippen molar-refractivity contribution in [3.05, 3.63) is 0 Å². The summed E-state index contributed by atoms with van der Waals surface area (Å²) in [6.07, 6.45) is 7.36. The third kappa shape index (κ3) is 5.87. The van der Waals surface area contributed by atoms with Crippen LogP contribution in [0.1, 0.15) is 66.7 Å². The van der Waals surface area contributed by atoms with Crippen LogP contribution in [0.4, 0.5) is 0 Å². The van der Waals surface area contributed by atoms with Crippen LogP contribution >= 0.6 is 0 Å². The normalized spacial score (nSPS) is 33.4. The van der Waals surface area contributed by atoms with Crippen LogP contribution in [0.2, 0.25) is 0 Å². The predicted molar refractivity (Wildman–Crippen MR) is 72.3 cm³/mol. The molecule has 1 heterocycles. The molecule has 0 aliphatic carbocycles. The maximum absolute atomic E-state index is 6.15. The van der Waals surface area contributed by atoms with Crippen molar-refractivity contribution in [2.24, 2.45) is 5.92 Å². The van der Waals surface area contributed by atoms with Gasteiger partial charge in [-0.05, 0) is 52.4 Å². The van der Waals surface area contributed by atoms with E-state index in [0.29, 0.717) is 24.4 Å². The maximum Gasteiger partial charge on any atom is 0.0627 e. The zero-order chi connectivity index (χ0) is 12.8. The van der Waals surface area contributed by atoms with Gasteiger partial charge in [-0.2, -0.15) is 0 Å². The van der Waals surface area contributed by atoms with Crippen LogP contribution in [0.15, 0.2) is 0 Å². The van der Waals surface area contributed by atoms with Gasteiger partial charge in [-0.25, -0.2) is 0 Å². The SMILES string of the molecule is CCC(C)CCC(C)OC1CC(C)OC(C)C1. The highest BCUT2D eigenvalue weighted by molar-refractivity contribution is 4.74. The lowest BCUT2D eigenvalue weighted by atomic mass is 9.99. The fourth-order valence-corrected chi connectivity index (χ4v) is 2.58. The van der Waals surface area contributed by atoms with E-state index in [2.05, 4.69) is 34.6 Å². The summed E-state index contributed by atoms with van der Waals surface area (Å²) < 4.78 is 11.9. The lowest BCUT2D eigenvalue weighted by Gasteiger charge is -2.33. The summed E-state index contributed by atoms with van der Waals surface area (Å²) in [6, 6.07) is 0. The molecule has 0 spiro atoms. The van der Waals surface area contributed by atoms with Crippen LogP contribution in [0.5, 0.6) is 0 Å². The van der Waals surface area contributed by atoms with Gasteiger partial charge in [0.25, 0.3) is 0 Å². The Morgan fingerprint density at radius 1 is 1.12 bits per heavy atom. The predicted octanol–water partition coefficient (Wildman–Crippen LogP) is 4.17. The third-order valence-electron chi connectivity index (χ3n) is 3.84. The molecule has 1 aliphatic rings. The second-order valence-electron chi connectivity index (χ2n) is 5.89. The number of hydrogen-bond acceptors (Lipinski definition) is 2. The molecule has 2 nitrogen and oxygen atoms in total. The molecule has 0 aromatic heterocycles. The van der Waals surface area contributed by atoms with E-state index in [1.165, 1.54) is 19.3 Å². The minimum atomic E-state index is 0.352. The summed E-state index contributed by atoms with van der Waals surface area (Å²) in [5.74, 6) is 0.827. The number of ether oxygens (including phenoxy) is 2. The van der Waals surface area contributed by atoms with Gasteiger partial charge in [0, 0.05) is 0 Å². The van der Waals surface area contributed by atoms with Crippen molar-refractivity contribution < 1.29 is 9.47 Å². The molecule has 2 heteroatoms. The summed E-state index contributed by atoms with van der Waals surface area (Å²) in [5, 5.41) is 0. The first kappa shape index (κ1) is 15.0. The molecule has 102 valence electrons. The maximum atomic E-state index is 6.15. The summed E-state index contributed by atoms with van der Waals surface area (Å²) in [7, 11) is 0. The average molecular weight is 242 g/mol. The van der Waals surface area contributed by atoms with Gasteiger partial charge >= 0.3 is 0 Å². The van der Waals surface area contributed by atoms with Crippen molar-refractivity contribution in [1.82, 2.24) is 0 Å². The molecular weight excluding hydrogens is 212 g/mol. The second kappa shape index (κ2) is 7.38. The Labute approximate surface area is 107 Å². The van der Waals surface area contributed by atoms with Crippen LogP contribution in [0, 0.1) is 5.92 Å². The Morgan fingerprint density at radius 2 is 1.71 bits per heavy atom. The summed E-state index contributed by atoms with van der Waals surface area (Å²) in [6.45, 7) is 11.1. The number of hydrogen-bond donors (Lipinski definition) is 0. The molecule has 0 saturated carbocycles. The molecule has 0 aromatic carbocycles. The lowest BCUT2D eigenvalue weighted by molar-refractivity contribution is -0.119. The Morgan fingerprint density at radius 3 is 2.24 bits per heavy atom. The minimum absolute atomic E-state index is 0.352. The van der Waals surface area contributed by atoms with E-state index < -0.39 is 0 Å². The standard InChI is InChI=1S/C15H30O2/c1-6-11(2)7-8-12(3)17-15-9-13(4)16-14(5)10-15/h11-15H,6-10H2,1-5H3. The Balaban J connectivity index is 2.23. The zero-order valence-corrected chi connectivity index (χ0v) is 12.2. The smallest absolute Gasteiger partial charge is 0.0627 e. The third-order valence-corrected chi connectivity index (χ3v) is 3.84. The summed E-state index contributed by atoms with van der Waals surface area (Å²) in [4.78, 5) is 0. The molecule has 0 aromatic rings. The minimum Gasteiger partial charge on any atom is -0.375 e. The van der Waals surface area contributed by atoms with E-state index in [1.54, 1.807) is 0 Å². The van der Waals surface area contributed by atoms with Gasteiger partial charge in [0.05, 0.1) is 24.4 Å². The summed E-state index contributed by atoms with van der Waals surface area (Å²) in [5.41, 5.74) is 0. The van der Waals surface area contributed by atoms with E-state index in [-0.39, 0.29) is 0 Å². The quantitative estimate of drug-likeness (QED) is 0.696. The fourth-order valence-electron chi connectivity index (χ4n) is 2.58. The second-order valence-corrected chi connectivity index (χ2v) is 5.89. The Hall–Kier alpha value is -0.0800. The van der Waals surface area contributed by atoms with Crippen molar-refractivity contribution in [2.75, 3.05) is 0 Å². The van der Waals surface area contributed by atoms with Crippen LogP contribution in [-0.2, 0) is 9.47 Å². The van der Waals surface area contributed by atoms with Crippen LogP contribution in [0.3, 0.4) is 0 Å². The first-order valence-corrected chi connectivity index (χ1v) is 7.32. The molecule has 0 N–H and O–H groups in total. The number of rotatable bonds is 6. The van der Waals surface area contributed by atoms with Gasteiger partial charge in [-0.3, -0.25) is 0 Å². The van der Waals surface area contributed by atoms with E-state index >= 15 is 0 Å². The van der Waals surface area contributed by atoms with Crippen molar-refractivity contribution in [3.63, 3.8) is 0 Å². The van der Waals surface area contributed by atoms with Crippen molar-refractivity contribution in [1.29, 1.82) is 0 Å². The molecule has 17 heavy (non-hydrogen) atoms. The van der Waals surface area contributed by atoms with E-state index in [4.69, 9.17) is 9.47 Å². The van der Waals surface area contributed by atoms with E-state index in [1.807, 2.05) is 0 Å². The lowest BCUT2D eigenvalue weighted by Crippen LogP contribution is -2.35. The average Bonchev–Trinajstić information content (AvgIpc) is 2.24. The summed E-state index contributed by atoms with van der Waals surface area (Å²) >= 11 is 0. The van der Waals surface area contributed by atoms with Gasteiger partial charge in [-0.1, -0.05) is 20.3 Å². The molecular formula is C15H30O2. The highest BCUT2D eigenvalue weighted by Crippen LogP contribution is 2.24. The largest absolute Gasteiger partial charge is 0.375 e. The molecule has 4 unspecified atom stereocenters. The fraction of sp³-hybridized carbons (Fsp3) is 1.00. The Bertz CT molecular complexity index is 195. The highest BCUT2D eigenvalue weighted by atomic mass is 16.5. The van der Waals surface area contributed by atoms with Crippen molar-refractivity contribution in [2.45, 2.75) is 91.1 Å². The first-order chi connectivity index (χ1) is 8.01. The molecule has 1 rings (SSSR count). The molecule has 0 amide bonds. The van der Waals surface area contributed by atoms with E-state index in [0.717, 1.165) is 18.8 Å². The van der Waals surface area contributed by atoms with E-state index in [9.17, 15) is 0 Å². The zero-order valence-electron chi connectivity index (χ0n) is 12.2. The van der Waals surface area contributed by atoms with Crippen LogP contribution < -0.4 is 0 Å². The van der Waals surface area contributed by atoms with Gasteiger partial charge in [0.2, 0.25) is 0 Å². The van der Waals surface area contributed by atoms with Crippen molar-refractivity contribution in [3.8, 4) is 0 Å². The van der Waals surface area contributed by atoms with Gasteiger partial charge in [0.15, 0.2) is 0 Å². The van der Waals surface area contributed by atoms with Gasteiger partial charge in [-0.15, -0.1) is 0 Å². The first-order valence-electron chi connectivity index (χ1n) is 7.32. The molecule has 1 saturated heterocycles. The molecule has 0 radical (unpaired) electrons. The molecule has 4 atom stereocenters. The topological polar surface area (TPSA) is 18.5 Å². The highest BCUT2D eigenvalue weighted by Gasteiger charge is 2.26. The van der Waals surface area contributed by atoms with Crippen molar-refractivity contribution >= 4 is 0 Å². The monoisotopic (exact) mass is 242 g/mol. The van der Waals surface area contributed by atoms with Gasteiger partial charge < -0.3 is 9.47 Å². The van der Waals surface area contributed by atoms with Crippen LogP contribution in [0.25, 0.3) is 0 Å². The molecule has 0 bridgehead atoms. The Kier molecular flexibility index (Phi) is 6.50.